The predicted octanol–water partition coefficient (Wildman–Crippen LogP) is 3.46. The van der Waals surface area contributed by atoms with E-state index < -0.39 is 0 Å². The lowest BCUT2D eigenvalue weighted by Gasteiger charge is -2.13. The number of hydrogen-bond donors (Lipinski definition) is 1. The fraction of sp³-hybridized carbons (Fsp3) is 0.692. The van der Waals surface area contributed by atoms with Gasteiger partial charge >= 0.3 is 0 Å². The van der Waals surface area contributed by atoms with Crippen LogP contribution in [0.25, 0.3) is 0 Å². The highest BCUT2D eigenvalue weighted by Gasteiger charge is 2.41. The third kappa shape index (κ3) is 1.71. The van der Waals surface area contributed by atoms with Gasteiger partial charge in [-0.2, -0.15) is 0 Å². The van der Waals surface area contributed by atoms with Crippen molar-refractivity contribution in [3.8, 4) is 0 Å². The smallest absolute Gasteiger partial charge is 0.133 e. The van der Waals surface area contributed by atoms with Crippen LogP contribution in [0.1, 0.15) is 56.1 Å². The minimum Gasteiger partial charge on any atom is -0.346 e. The Morgan fingerprint density at radius 3 is 2.69 bits per heavy atom. The average Bonchev–Trinajstić information content (AvgIpc) is 3.02. The molecule has 0 bridgehead atoms. The molecule has 3 heteroatoms. The molecule has 3 rings (SSSR count). The van der Waals surface area contributed by atoms with Crippen LogP contribution in [-0.4, -0.2) is 9.97 Å². The first-order valence-corrected chi connectivity index (χ1v) is 6.72. The summed E-state index contributed by atoms with van der Waals surface area (Å²) in [5.74, 6) is 1.14. The van der Waals surface area contributed by atoms with E-state index in [4.69, 9.17) is 12.2 Å². The molecule has 0 atom stereocenters. The highest BCUT2D eigenvalue weighted by molar-refractivity contribution is 7.71. The summed E-state index contributed by atoms with van der Waals surface area (Å²) in [7, 11) is 0. The van der Waals surface area contributed by atoms with E-state index in [9.17, 15) is 0 Å². The normalized spacial score (nSPS) is 22.3. The van der Waals surface area contributed by atoms with Gasteiger partial charge in [-0.3, -0.25) is 0 Å². The van der Waals surface area contributed by atoms with Gasteiger partial charge in [0.1, 0.15) is 10.5 Å². The van der Waals surface area contributed by atoms with E-state index in [2.05, 4.69) is 16.9 Å². The summed E-state index contributed by atoms with van der Waals surface area (Å²) in [6, 6.07) is 0. The molecule has 0 aromatic carbocycles. The van der Waals surface area contributed by atoms with Gasteiger partial charge < -0.3 is 4.98 Å². The van der Waals surface area contributed by atoms with E-state index in [1.807, 2.05) is 0 Å². The first-order valence-electron chi connectivity index (χ1n) is 6.32. The molecule has 2 aliphatic carbocycles. The van der Waals surface area contributed by atoms with Crippen molar-refractivity contribution in [2.24, 2.45) is 0 Å². The van der Waals surface area contributed by atoms with Crippen molar-refractivity contribution in [1.29, 1.82) is 0 Å². The minimum absolute atomic E-state index is 0.300. The van der Waals surface area contributed by atoms with Gasteiger partial charge in [-0.05, 0) is 38.5 Å². The van der Waals surface area contributed by atoms with E-state index >= 15 is 0 Å². The van der Waals surface area contributed by atoms with Gasteiger partial charge in [-0.15, -0.1) is 0 Å². The number of aryl methyl sites for hydroxylation is 1. The maximum atomic E-state index is 5.45. The molecule has 1 N–H and O–H groups in total. The van der Waals surface area contributed by atoms with Crippen LogP contribution in [0.2, 0.25) is 0 Å². The Morgan fingerprint density at radius 1 is 1.19 bits per heavy atom. The molecule has 2 aliphatic rings. The number of nitrogens with one attached hydrogen (secondary N) is 1. The second-order valence-corrected chi connectivity index (χ2v) is 5.86. The van der Waals surface area contributed by atoms with E-state index in [-0.39, 0.29) is 0 Å². The number of aromatic amines is 1. The summed E-state index contributed by atoms with van der Waals surface area (Å²) in [4.78, 5) is 8.19. The summed E-state index contributed by atoms with van der Waals surface area (Å²) < 4.78 is 0.860. The molecule has 0 saturated heterocycles. The number of nitrogens with zero attached hydrogens (tertiary/aromatic N) is 1. The van der Waals surface area contributed by atoms with E-state index in [0.29, 0.717) is 5.41 Å². The standard InChI is InChI=1S/C13H18N2S/c1-13(7-8-13)12-14-10-6-4-2-3-5-9(10)11(16)15-12/h2-8H2,1H3,(H,14,15,16). The molecule has 0 radical (unpaired) electrons. The molecule has 0 amide bonds. The van der Waals surface area contributed by atoms with Crippen molar-refractivity contribution in [2.75, 3.05) is 0 Å². The summed E-state index contributed by atoms with van der Waals surface area (Å²) in [5.41, 5.74) is 3.00. The first kappa shape index (κ1) is 10.5. The largest absolute Gasteiger partial charge is 0.346 e. The third-order valence-electron chi connectivity index (χ3n) is 4.03. The van der Waals surface area contributed by atoms with Crippen LogP contribution in [0.15, 0.2) is 0 Å². The first-order chi connectivity index (χ1) is 7.69. The Balaban J connectivity index is 2.09. The van der Waals surface area contributed by atoms with Crippen molar-refractivity contribution in [1.82, 2.24) is 9.97 Å². The predicted molar refractivity (Wildman–Crippen MR) is 67.3 cm³/mol. The van der Waals surface area contributed by atoms with Crippen LogP contribution in [-0.2, 0) is 18.3 Å². The number of rotatable bonds is 1. The van der Waals surface area contributed by atoms with E-state index in [1.165, 1.54) is 43.4 Å². The van der Waals surface area contributed by atoms with Gasteiger partial charge in [0.05, 0.1) is 0 Å². The maximum Gasteiger partial charge on any atom is 0.133 e. The molecule has 0 spiro atoms. The van der Waals surface area contributed by atoms with Crippen molar-refractivity contribution in [3.63, 3.8) is 0 Å². The molecule has 1 heterocycles. The maximum absolute atomic E-state index is 5.45. The van der Waals surface area contributed by atoms with Crippen molar-refractivity contribution >= 4 is 12.2 Å². The summed E-state index contributed by atoms with van der Waals surface area (Å²) in [6.45, 7) is 2.28. The molecule has 0 unspecified atom stereocenters. The second kappa shape index (κ2) is 3.66. The lowest BCUT2D eigenvalue weighted by molar-refractivity contribution is 0.684. The number of H-pyrrole nitrogens is 1. The van der Waals surface area contributed by atoms with Gasteiger partial charge in [0.2, 0.25) is 0 Å². The molecule has 2 nitrogen and oxygen atoms in total. The monoisotopic (exact) mass is 234 g/mol. The quantitative estimate of drug-likeness (QED) is 0.595. The Kier molecular flexibility index (Phi) is 2.39. The SMILES string of the molecule is CC1(c2nc(=S)c3c([nH]2)CCCCC3)CC1. The average molecular weight is 234 g/mol. The van der Waals surface area contributed by atoms with Crippen LogP contribution in [0, 0.1) is 4.64 Å². The molecule has 1 saturated carbocycles. The van der Waals surface area contributed by atoms with Crippen LogP contribution in [0.4, 0.5) is 0 Å². The van der Waals surface area contributed by atoms with Crippen molar-refractivity contribution in [2.45, 2.75) is 57.3 Å². The van der Waals surface area contributed by atoms with Crippen LogP contribution >= 0.6 is 12.2 Å². The lowest BCUT2D eigenvalue weighted by Crippen LogP contribution is -2.11. The Morgan fingerprint density at radius 2 is 1.94 bits per heavy atom. The summed E-state index contributed by atoms with van der Waals surface area (Å²) in [5, 5.41) is 0. The molecule has 86 valence electrons. The molecule has 0 aliphatic heterocycles. The number of aromatic nitrogens is 2. The van der Waals surface area contributed by atoms with Crippen molar-refractivity contribution < 1.29 is 0 Å². The van der Waals surface area contributed by atoms with Crippen molar-refractivity contribution in [3.05, 3.63) is 21.7 Å². The van der Waals surface area contributed by atoms with Crippen LogP contribution < -0.4 is 0 Å². The molecule has 1 fully saturated rings. The Hall–Kier alpha value is -0.700. The van der Waals surface area contributed by atoms with E-state index in [0.717, 1.165) is 23.3 Å². The Bertz CT molecular complexity index is 471. The molecule has 1 aromatic heterocycles. The second-order valence-electron chi connectivity index (χ2n) is 5.47. The topological polar surface area (TPSA) is 28.7 Å². The zero-order chi connectivity index (χ0) is 11.2. The number of fused-ring (bicyclic) bond motifs is 1. The third-order valence-corrected chi connectivity index (χ3v) is 4.37. The van der Waals surface area contributed by atoms with Gasteiger partial charge in [0.25, 0.3) is 0 Å². The molecular weight excluding hydrogens is 216 g/mol. The van der Waals surface area contributed by atoms with Crippen LogP contribution in [0.5, 0.6) is 0 Å². The molecule has 1 aromatic rings. The Labute approximate surface area is 102 Å². The van der Waals surface area contributed by atoms with Gasteiger partial charge in [-0.25, -0.2) is 4.98 Å². The van der Waals surface area contributed by atoms with Gasteiger partial charge in [0, 0.05) is 16.7 Å². The highest BCUT2D eigenvalue weighted by Crippen LogP contribution is 2.46. The number of hydrogen-bond acceptors (Lipinski definition) is 2. The fourth-order valence-corrected chi connectivity index (χ4v) is 2.82. The fourth-order valence-electron chi connectivity index (χ4n) is 2.51. The molecular formula is C13H18N2S. The summed E-state index contributed by atoms with van der Waals surface area (Å²) >= 11 is 5.45. The van der Waals surface area contributed by atoms with Crippen LogP contribution in [0.3, 0.4) is 0 Å². The lowest BCUT2D eigenvalue weighted by atomic mass is 10.1. The molecule has 16 heavy (non-hydrogen) atoms. The summed E-state index contributed by atoms with van der Waals surface area (Å²) in [6.07, 6.45) is 8.67. The zero-order valence-electron chi connectivity index (χ0n) is 9.81. The van der Waals surface area contributed by atoms with Gasteiger partial charge in [-0.1, -0.05) is 25.6 Å². The minimum atomic E-state index is 0.300. The zero-order valence-corrected chi connectivity index (χ0v) is 10.6. The highest BCUT2D eigenvalue weighted by atomic mass is 32.1. The van der Waals surface area contributed by atoms with E-state index in [1.54, 1.807) is 0 Å². The van der Waals surface area contributed by atoms with Gasteiger partial charge in [0.15, 0.2) is 0 Å².